The molecule has 0 radical (unpaired) electrons. The minimum absolute atomic E-state index is 0.122. The van der Waals surface area contributed by atoms with Gasteiger partial charge in [-0.05, 0) is 22.4 Å². The van der Waals surface area contributed by atoms with Gasteiger partial charge in [-0.2, -0.15) is 10.5 Å². The zero-order valence-electron chi connectivity index (χ0n) is 8.51. The molecule has 0 aliphatic rings. The molecule has 0 atom stereocenters. The van der Waals surface area contributed by atoms with Crippen LogP contribution in [0.4, 0.5) is 0 Å². The number of nitriles is 2. The van der Waals surface area contributed by atoms with Gasteiger partial charge < -0.3 is 0 Å². The highest BCUT2D eigenvalue weighted by Gasteiger charge is 1.99. The summed E-state index contributed by atoms with van der Waals surface area (Å²) in [4.78, 5) is 0. The Balaban J connectivity index is 2.68. The number of benzene rings is 2. The van der Waals surface area contributed by atoms with Gasteiger partial charge in [0, 0.05) is 0 Å². The van der Waals surface area contributed by atoms with Crippen LogP contribution in [0.3, 0.4) is 0 Å². The van der Waals surface area contributed by atoms with Crippen LogP contribution in [-0.2, 0) is 0 Å². The van der Waals surface area contributed by atoms with E-state index < -0.39 is 0 Å². The monoisotopic (exact) mass is 204 g/mol. The molecule has 16 heavy (non-hydrogen) atoms. The average molecular weight is 204 g/mol. The molecule has 0 fully saturated rings. The van der Waals surface area contributed by atoms with Gasteiger partial charge >= 0.3 is 0 Å². The fourth-order valence-corrected chi connectivity index (χ4v) is 1.62. The largest absolute Gasteiger partial charge is 0.192 e. The SMILES string of the molecule is N#CC(C#N)=Cc1cccc2ccccc12. The van der Waals surface area contributed by atoms with Crippen molar-refractivity contribution in [2.75, 3.05) is 0 Å². The molecule has 2 heteroatoms. The molecule has 2 aromatic carbocycles. The molecule has 2 nitrogen and oxygen atoms in total. The quantitative estimate of drug-likeness (QED) is 0.669. The third-order valence-corrected chi connectivity index (χ3v) is 2.36. The van der Waals surface area contributed by atoms with E-state index in [4.69, 9.17) is 10.5 Å². The van der Waals surface area contributed by atoms with E-state index in [0.717, 1.165) is 16.3 Å². The predicted molar refractivity (Wildman–Crippen MR) is 63.2 cm³/mol. The predicted octanol–water partition coefficient (Wildman–Crippen LogP) is 3.27. The molecule has 0 aliphatic carbocycles. The Morgan fingerprint density at radius 1 is 0.938 bits per heavy atom. The van der Waals surface area contributed by atoms with Gasteiger partial charge in [-0.25, -0.2) is 0 Å². The highest BCUT2D eigenvalue weighted by molar-refractivity contribution is 5.91. The van der Waals surface area contributed by atoms with Crippen molar-refractivity contribution >= 4 is 16.8 Å². The molecule has 0 N–H and O–H groups in total. The van der Waals surface area contributed by atoms with Crippen molar-refractivity contribution in [3.63, 3.8) is 0 Å². The molecule has 0 spiro atoms. The maximum Gasteiger partial charge on any atom is 0.130 e. The number of fused-ring (bicyclic) bond motifs is 1. The van der Waals surface area contributed by atoms with Gasteiger partial charge in [-0.15, -0.1) is 0 Å². The van der Waals surface area contributed by atoms with E-state index in [1.165, 1.54) is 0 Å². The maximum atomic E-state index is 8.72. The van der Waals surface area contributed by atoms with Crippen molar-refractivity contribution in [3.8, 4) is 12.1 Å². The minimum atomic E-state index is 0.122. The first-order valence-corrected chi connectivity index (χ1v) is 4.85. The summed E-state index contributed by atoms with van der Waals surface area (Å²) in [6, 6.07) is 17.4. The van der Waals surface area contributed by atoms with Crippen LogP contribution >= 0.6 is 0 Å². The lowest BCUT2D eigenvalue weighted by molar-refractivity contribution is 1.47. The first kappa shape index (κ1) is 9.96. The van der Waals surface area contributed by atoms with Crippen LogP contribution in [0.25, 0.3) is 16.8 Å². The van der Waals surface area contributed by atoms with Gasteiger partial charge in [0.25, 0.3) is 0 Å². The first-order valence-electron chi connectivity index (χ1n) is 4.85. The highest BCUT2D eigenvalue weighted by Crippen LogP contribution is 2.20. The lowest BCUT2D eigenvalue weighted by Crippen LogP contribution is -1.79. The Morgan fingerprint density at radius 3 is 2.38 bits per heavy atom. The Labute approximate surface area is 93.7 Å². The minimum Gasteiger partial charge on any atom is -0.192 e. The number of hydrogen-bond donors (Lipinski definition) is 0. The number of hydrogen-bond acceptors (Lipinski definition) is 2. The summed E-state index contributed by atoms with van der Waals surface area (Å²) in [6.45, 7) is 0. The summed E-state index contributed by atoms with van der Waals surface area (Å²) in [6.07, 6.45) is 1.61. The zero-order valence-corrected chi connectivity index (χ0v) is 8.51. The molecule has 0 saturated carbocycles. The van der Waals surface area contributed by atoms with Crippen molar-refractivity contribution < 1.29 is 0 Å². The zero-order chi connectivity index (χ0) is 11.4. The van der Waals surface area contributed by atoms with Gasteiger partial charge in [0.05, 0.1) is 0 Å². The molecule has 74 valence electrons. The first-order chi connectivity index (χ1) is 7.85. The van der Waals surface area contributed by atoms with Crippen LogP contribution < -0.4 is 0 Å². The second kappa shape index (κ2) is 4.29. The fraction of sp³-hybridized carbons (Fsp3) is 0. The van der Waals surface area contributed by atoms with Gasteiger partial charge in [0.1, 0.15) is 17.7 Å². The Kier molecular flexibility index (Phi) is 2.67. The van der Waals surface area contributed by atoms with E-state index in [1.807, 2.05) is 54.6 Å². The summed E-state index contributed by atoms with van der Waals surface area (Å²) in [7, 11) is 0. The molecular formula is C14H8N2. The van der Waals surface area contributed by atoms with Gasteiger partial charge in [-0.1, -0.05) is 42.5 Å². The van der Waals surface area contributed by atoms with Crippen LogP contribution in [0.2, 0.25) is 0 Å². The smallest absolute Gasteiger partial charge is 0.130 e. The van der Waals surface area contributed by atoms with Gasteiger partial charge in [0.2, 0.25) is 0 Å². The topological polar surface area (TPSA) is 47.6 Å². The van der Waals surface area contributed by atoms with Gasteiger partial charge in [0.15, 0.2) is 0 Å². The van der Waals surface area contributed by atoms with Crippen LogP contribution in [0.15, 0.2) is 48.0 Å². The molecule has 0 saturated heterocycles. The molecule has 0 aromatic heterocycles. The van der Waals surface area contributed by atoms with E-state index in [1.54, 1.807) is 6.08 Å². The molecule has 2 aromatic rings. The van der Waals surface area contributed by atoms with Gasteiger partial charge in [-0.3, -0.25) is 0 Å². The van der Waals surface area contributed by atoms with E-state index in [0.29, 0.717) is 0 Å². The van der Waals surface area contributed by atoms with Crippen LogP contribution in [0.5, 0.6) is 0 Å². The van der Waals surface area contributed by atoms with E-state index in [9.17, 15) is 0 Å². The Hall–Kier alpha value is -2.58. The number of allylic oxidation sites excluding steroid dienone is 1. The average Bonchev–Trinajstić information content (AvgIpc) is 2.36. The summed E-state index contributed by atoms with van der Waals surface area (Å²) < 4.78 is 0. The molecular weight excluding hydrogens is 196 g/mol. The van der Waals surface area contributed by atoms with Crippen LogP contribution in [0, 0.1) is 22.7 Å². The van der Waals surface area contributed by atoms with Crippen molar-refractivity contribution in [2.24, 2.45) is 0 Å². The van der Waals surface area contributed by atoms with E-state index >= 15 is 0 Å². The fourth-order valence-electron chi connectivity index (χ4n) is 1.62. The maximum absolute atomic E-state index is 8.72. The second-order valence-electron chi connectivity index (χ2n) is 3.35. The normalized spacial score (nSPS) is 9.12. The Morgan fingerprint density at radius 2 is 1.62 bits per heavy atom. The molecule has 0 aliphatic heterocycles. The van der Waals surface area contributed by atoms with Crippen molar-refractivity contribution in [3.05, 3.63) is 53.6 Å². The molecule has 2 rings (SSSR count). The standard InChI is InChI=1S/C14H8N2/c15-9-11(10-16)8-13-6-3-5-12-4-1-2-7-14(12)13/h1-8H. The summed E-state index contributed by atoms with van der Waals surface area (Å²) in [5.41, 5.74) is 1.02. The lowest BCUT2D eigenvalue weighted by atomic mass is 10.0. The van der Waals surface area contributed by atoms with E-state index in [2.05, 4.69) is 0 Å². The van der Waals surface area contributed by atoms with Crippen LogP contribution in [-0.4, -0.2) is 0 Å². The van der Waals surface area contributed by atoms with E-state index in [-0.39, 0.29) is 5.57 Å². The summed E-state index contributed by atoms with van der Waals surface area (Å²) >= 11 is 0. The second-order valence-corrected chi connectivity index (χ2v) is 3.35. The van der Waals surface area contributed by atoms with Crippen molar-refractivity contribution in [1.82, 2.24) is 0 Å². The molecule has 0 bridgehead atoms. The molecule has 0 heterocycles. The number of nitrogens with zero attached hydrogens (tertiary/aromatic N) is 2. The summed E-state index contributed by atoms with van der Waals surface area (Å²) in [5.74, 6) is 0. The molecule has 0 amide bonds. The van der Waals surface area contributed by atoms with Crippen LogP contribution in [0.1, 0.15) is 5.56 Å². The van der Waals surface area contributed by atoms with Crippen molar-refractivity contribution in [1.29, 1.82) is 10.5 Å². The Bertz CT molecular complexity index is 618. The highest BCUT2D eigenvalue weighted by atomic mass is 14.3. The summed E-state index contributed by atoms with van der Waals surface area (Å²) in [5, 5.41) is 19.6. The lowest BCUT2D eigenvalue weighted by Gasteiger charge is -2.01. The third-order valence-electron chi connectivity index (χ3n) is 2.36. The third kappa shape index (κ3) is 1.78. The van der Waals surface area contributed by atoms with Crippen molar-refractivity contribution in [2.45, 2.75) is 0 Å². The molecule has 0 unspecified atom stereocenters. The number of rotatable bonds is 1.